The molecule has 0 radical (unpaired) electrons. The van der Waals surface area contributed by atoms with Gasteiger partial charge in [-0.1, -0.05) is 36.4 Å². The quantitative estimate of drug-likeness (QED) is 0.721. The van der Waals surface area contributed by atoms with Crippen molar-refractivity contribution in [3.63, 3.8) is 0 Å². The van der Waals surface area contributed by atoms with Gasteiger partial charge in [0.1, 0.15) is 12.4 Å². The number of amides is 1. The molecule has 0 spiro atoms. The maximum Gasteiger partial charge on any atom is 0.230 e. The number of aromatic nitrogens is 1. The highest BCUT2D eigenvalue weighted by Crippen LogP contribution is 2.23. The second-order valence-electron chi connectivity index (χ2n) is 5.92. The third-order valence-corrected chi connectivity index (χ3v) is 3.95. The molecule has 0 aliphatic rings. The van der Waals surface area contributed by atoms with Crippen LogP contribution in [0.3, 0.4) is 0 Å². The van der Waals surface area contributed by atoms with Gasteiger partial charge in [-0.15, -0.1) is 0 Å². The SMILES string of the molecule is Cc1ccccc1COc1cccnc1NC(=O)Cc1ccc(F)cc1. The van der Waals surface area contributed by atoms with Crippen molar-refractivity contribution in [3.05, 3.63) is 89.4 Å². The van der Waals surface area contributed by atoms with E-state index in [9.17, 15) is 9.18 Å². The second kappa shape index (κ2) is 8.25. The molecule has 5 heteroatoms. The zero-order chi connectivity index (χ0) is 18.4. The number of ether oxygens (including phenoxy) is 1. The van der Waals surface area contributed by atoms with Crippen LogP contribution in [0.15, 0.2) is 66.9 Å². The van der Waals surface area contributed by atoms with Crippen molar-refractivity contribution in [3.8, 4) is 5.75 Å². The highest BCUT2D eigenvalue weighted by atomic mass is 19.1. The number of aryl methyl sites for hydroxylation is 1. The first-order valence-corrected chi connectivity index (χ1v) is 8.28. The number of anilines is 1. The lowest BCUT2D eigenvalue weighted by Gasteiger charge is -2.12. The van der Waals surface area contributed by atoms with Crippen LogP contribution < -0.4 is 10.1 Å². The summed E-state index contributed by atoms with van der Waals surface area (Å²) in [7, 11) is 0. The molecule has 1 aromatic heterocycles. The van der Waals surface area contributed by atoms with Gasteiger partial charge in [0.05, 0.1) is 6.42 Å². The minimum absolute atomic E-state index is 0.133. The molecule has 1 amide bonds. The molecule has 3 rings (SSSR count). The number of hydrogen-bond acceptors (Lipinski definition) is 3. The monoisotopic (exact) mass is 350 g/mol. The summed E-state index contributed by atoms with van der Waals surface area (Å²) in [5.41, 5.74) is 2.93. The summed E-state index contributed by atoms with van der Waals surface area (Å²) in [6.07, 6.45) is 1.72. The van der Waals surface area contributed by atoms with E-state index in [-0.39, 0.29) is 18.1 Å². The van der Waals surface area contributed by atoms with Gasteiger partial charge in [-0.25, -0.2) is 9.37 Å². The molecule has 2 aromatic carbocycles. The van der Waals surface area contributed by atoms with Gasteiger partial charge in [-0.2, -0.15) is 0 Å². The molecule has 4 nitrogen and oxygen atoms in total. The topological polar surface area (TPSA) is 51.2 Å². The van der Waals surface area contributed by atoms with Crippen molar-refractivity contribution < 1.29 is 13.9 Å². The van der Waals surface area contributed by atoms with Crippen LogP contribution >= 0.6 is 0 Å². The van der Waals surface area contributed by atoms with Gasteiger partial charge in [-0.3, -0.25) is 4.79 Å². The van der Waals surface area contributed by atoms with E-state index in [0.717, 1.165) is 16.7 Å². The number of benzene rings is 2. The molecule has 132 valence electrons. The minimum atomic E-state index is -0.328. The van der Waals surface area contributed by atoms with Crippen molar-refractivity contribution in [2.24, 2.45) is 0 Å². The van der Waals surface area contributed by atoms with Crippen molar-refractivity contribution in [1.82, 2.24) is 4.98 Å². The normalized spacial score (nSPS) is 10.4. The summed E-state index contributed by atoms with van der Waals surface area (Å²) in [4.78, 5) is 16.4. The third kappa shape index (κ3) is 4.66. The maximum atomic E-state index is 12.9. The summed E-state index contributed by atoms with van der Waals surface area (Å²) in [5.74, 6) is 0.304. The Morgan fingerprint density at radius 1 is 1.08 bits per heavy atom. The standard InChI is InChI=1S/C21H19FN2O2/c1-15-5-2-3-6-17(15)14-26-19-7-4-12-23-21(19)24-20(25)13-16-8-10-18(22)11-9-16/h2-12H,13-14H2,1H3,(H,23,24,25). The number of halogens is 1. The Kier molecular flexibility index (Phi) is 5.59. The van der Waals surface area contributed by atoms with Crippen molar-refractivity contribution in [1.29, 1.82) is 0 Å². The molecule has 0 aliphatic carbocycles. The average Bonchev–Trinajstić information content (AvgIpc) is 2.64. The van der Waals surface area contributed by atoms with E-state index in [2.05, 4.69) is 10.3 Å². The van der Waals surface area contributed by atoms with Crippen molar-refractivity contribution in [2.75, 3.05) is 5.32 Å². The number of rotatable bonds is 6. The molecule has 3 aromatic rings. The fraction of sp³-hybridized carbons (Fsp3) is 0.143. The van der Waals surface area contributed by atoms with Crippen LogP contribution in [0.5, 0.6) is 5.75 Å². The van der Waals surface area contributed by atoms with E-state index >= 15 is 0 Å². The third-order valence-electron chi connectivity index (χ3n) is 3.95. The Hall–Kier alpha value is -3.21. The molecular formula is C21H19FN2O2. The number of carbonyl (C=O) groups is 1. The molecule has 0 fully saturated rings. The molecule has 0 unspecified atom stereocenters. The fourth-order valence-electron chi connectivity index (χ4n) is 2.49. The van der Waals surface area contributed by atoms with E-state index in [1.807, 2.05) is 31.2 Å². The lowest BCUT2D eigenvalue weighted by atomic mass is 10.1. The molecule has 1 N–H and O–H groups in total. The van der Waals surface area contributed by atoms with Gasteiger partial charge in [0.25, 0.3) is 0 Å². The van der Waals surface area contributed by atoms with Gasteiger partial charge >= 0.3 is 0 Å². The number of nitrogens with one attached hydrogen (secondary N) is 1. The Balaban J connectivity index is 1.65. The van der Waals surface area contributed by atoms with Crippen LogP contribution in [-0.2, 0) is 17.8 Å². The van der Waals surface area contributed by atoms with Crippen LogP contribution in [0.4, 0.5) is 10.2 Å². The summed E-state index contributed by atoms with van der Waals surface area (Å²) in [5, 5.41) is 2.76. The predicted molar refractivity (Wildman–Crippen MR) is 98.5 cm³/mol. The zero-order valence-electron chi connectivity index (χ0n) is 14.4. The van der Waals surface area contributed by atoms with Gasteiger partial charge in [0.2, 0.25) is 5.91 Å². The van der Waals surface area contributed by atoms with Gasteiger partial charge in [-0.05, 0) is 47.9 Å². The predicted octanol–water partition coefficient (Wildman–Crippen LogP) is 4.29. The van der Waals surface area contributed by atoms with Crippen molar-refractivity contribution >= 4 is 11.7 Å². The van der Waals surface area contributed by atoms with E-state index in [1.54, 1.807) is 30.5 Å². The first-order chi connectivity index (χ1) is 12.6. The highest BCUT2D eigenvalue weighted by Gasteiger charge is 2.10. The zero-order valence-corrected chi connectivity index (χ0v) is 14.4. The molecule has 0 aliphatic heterocycles. The van der Waals surface area contributed by atoms with E-state index in [0.29, 0.717) is 18.2 Å². The van der Waals surface area contributed by atoms with E-state index in [1.165, 1.54) is 12.1 Å². The molecule has 1 heterocycles. The van der Waals surface area contributed by atoms with Gasteiger partial charge in [0.15, 0.2) is 11.6 Å². The highest BCUT2D eigenvalue weighted by molar-refractivity contribution is 5.92. The lowest BCUT2D eigenvalue weighted by molar-refractivity contribution is -0.115. The van der Waals surface area contributed by atoms with Crippen LogP contribution in [-0.4, -0.2) is 10.9 Å². The van der Waals surface area contributed by atoms with E-state index < -0.39 is 0 Å². The van der Waals surface area contributed by atoms with Gasteiger partial charge < -0.3 is 10.1 Å². The Morgan fingerprint density at radius 3 is 2.62 bits per heavy atom. The number of nitrogens with zero attached hydrogens (tertiary/aromatic N) is 1. The van der Waals surface area contributed by atoms with Crippen molar-refractivity contribution in [2.45, 2.75) is 20.0 Å². The maximum absolute atomic E-state index is 12.9. The molecular weight excluding hydrogens is 331 g/mol. The van der Waals surface area contributed by atoms with Crippen LogP contribution in [0.25, 0.3) is 0 Å². The number of pyridine rings is 1. The van der Waals surface area contributed by atoms with E-state index in [4.69, 9.17) is 4.74 Å². The molecule has 0 saturated carbocycles. The first kappa shape index (κ1) is 17.6. The number of carbonyl (C=O) groups excluding carboxylic acids is 1. The summed E-state index contributed by atoms with van der Waals surface area (Å²) < 4.78 is 18.8. The Bertz CT molecular complexity index is 895. The molecule has 26 heavy (non-hydrogen) atoms. The van der Waals surface area contributed by atoms with Gasteiger partial charge in [0, 0.05) is 6.20 Å². The number of hydrogen-bond donors (Lipinski definition) is 1. The lowest BCUT2D eigenvalue weighted by Crippen LogP contribution is -2.16. The Labute approximate surface area is 151 Å². The summed E-state index contributed by atoms with van der Waals surface area (Å²) in [6, 6.07) is 17.3. The fourth-order valence-corrected chi connectivity index (χ4v) is 2.49. The molecule has 0 bridgehead atoms. The first-order valence-electron chi connectivity index (χ1n) is 8.28. The largest absolute Gasteiger partial charge is 0.485 e. The average molecular weight is 350 g/mol. The molecule has 0 saturated heterocycles. The van der Waals surface area contributed by atoms with Crippen LogP contribution in [0, 0.1) is 12.7 Å². The minimum Gasteiger partial charge on any atom is -0.485 e. The Morgan fingerprint density at radius 2 is 1.85 bits per heavy atom. The second-order valence-corrected chi connectivity index (χ2v) is 5.92. The van der Waals surface area contributed by atoms with Crippen LogP contribution in [0.2, 0.25) is 0 Å². The molecule has 0 atom stereocenters. The summed E-state index contributed by atoms with van der Waals surface area (Å²) in [6.45, 7) is 2.41. The van der Waals surface area contributed by atoms with Crippen LogP contribution in [0.1, 0.15) is 16.7 Å². The smallest absolute Gasteiger partial charge is 0.230 e. The summed E-state index contributed by atoms with van der Waals surface area (Å²) >= 11 is 0.